The normalized spacial score (nSPS) is 10.2. The topological polar surface area (TPSA) is 127 Å². The number of hydrogen-bond acceptors (Lipinski definition) is 6. The number of carbonyl (C=O) groups is 1. The van der Waals surface area contributed by atoms with Gasteiger partial charge < -0.3 is 10.6 Å². The van der Waals surface area contributed by atoms with E-state index < -0.39 is 45.3 Å². The number of benzene rings is 2. The molecule has 0 heterocycles. The van der Waals surface area contributed by atoms with Gasteiger partial charge in [0.2, 0.25) is 5.91 Å². The van der Waals surface area contributed by atoms with Crippen LogP contribution in [0.2, 0.25) is 0 Å². The Morgan fingerprint density at radius 3 is 2.32 bits per heavy atom. The van der Waals surface area contributed by atoms with E-state index in [1.807, 2.05) is 0 Å². The molecule has 0 aliphatic carbocycles. The molecule has 0 atom stereocenters. The number of anilines is 2. The van der Waals surface area contributed by atoms with Gasteiger partial charge in [0, 0.05) is 17.8 Å². The highest BCUT2D eigenvalue weighted by Gasteiger charge is 2.19. The van der Waals surface area contributed by atoms with Crippen molar-refractivity contribution in [3.05, 3.63) is 68.3 Å². The van der Waals surface area contributed by atoms with Crippen molar-refractivity contribution in [2.24, 2.45) is 0 Å². The zero-order valence-electron chi connectivity index (χ0n) is 12.4. The van der Waals surface area contributed by atoms with Gasteiger partial charge in [-0.15, -0.1) is 0 Å². The van der Waals surface area contributed by atoms with E-state index in [2.05, 4.69) is 10.6 Å². The second-order valence-electron chi connectivity index (χ2n) is 4.75. The lowest BCUT2D eigenvalue weighted by molar-refractivity contribution is -0.393. The van der Waals surface area contributed by atoms with Crippen LogP contribution < -0.4 is 10.6 Å². The maximum Gasteiger partial charge on any atom is 0.299 e. The van der Waals surface area contributed by atoms with Crippen molar-refractivity contribution in [1.29, 1.82) is 0 Å². The Balaban J connectivity index is 2.07. The molecule has 0 spiro atoms. The van der Waals surface area contributed by atoms with E-state index >= 15 is 0 Å². The smallest absolute Gasteiger partial charge is 0.299 e. The number of nitro benzene ring substituents is 2. The fraction of sp³-hybridized carbons (Fsp3) is 0.0714. The van der Waals surface area contributed by atoms with Crippen LogP contribution in [0.3, 0.4) is 0 Å². The fourth-order valence-electron chi connectivity index (χ4n) is 1.89. The number of nitrogens with one attached hydrogen (secondary N) is 2. The van der Waals surface area contributed by atoms with Gasteiger partial charge in [-0.3, -0.25) is 25.0 Å². The third-order valence-electron chi connectivity index (χ3n) is 3.03. The Labute approximate surface area is 138 Å². The number of halogens is 2. The van der Waals surface area contributed by atoms with Gasteiger partial charge in [-0.25, -0.2) is 8.78 Å². The van der Waals surface area contributed by atoms with Crippen LogP contribution in [0.15, 0.2) is 36.4 Å². The molecule has 0 aliphatic heterocycles. The van der Waals surface area contributed by atoms with Gasteiger partial charge in [-0.2, -0.15) is 0 Å². The predicted molar refractivity (Wildman–Crippen MR) is 83.2 cm³/mol. The molecule has 0 saturated carbocycles. The van der Waals surface area contributed by atoms with Gasteiger partial charge in [0.05, 0.1) is 22.5 Å². The van der Waals surface area contributed by atoms with Crippen molar-refractivity contribution >= 4 is 28.7 Å². The van der Waals surface area contributed by atoms with Crippen LogP contribution in [0.5, 0.6) is 0 Å². The standard InChI is InChI=1S/C14H10F2N4O5/c15-10-3-1-8(5-11(10)16)18-14(21)7-17-12-4-2-9(19(22)23)6-13(12)20(24)25/h1-6,17H,7H2,(H,18,21). The molecular weight excluding hydrogens is 342 g/mol. The summed E-state index contributed by atoms with van der Waals surface area (Å²) in [5.74, 6) is -2.90. The highest BCUT2D eigenvalue weighted by molar-refractivity contribution is 5.94. The third kappa shape index (κ3) is 4.43. The van der Waals surface area contributed by atoms with Crippen molar-refractivity contribution in [2.75, 3.05) is 17.2 Å². The van der Waals surface area contributed by atoms with E-state index in [4.69, 9.17) is 0 Å². The van der Waals surface area contributed by atoms with E-state index in [0.29, 0.717) is 0 Å². The molecule has 2 N–H and O–H groups in total. The summed E-state index contributed by atoms with van der Waals surface area (Å²) in [7, 11) is 0. The van der Waals surface area contributed by atoms with E-state index in [0.717, 1.165) is 36.4 Å². The molecule has 2 aromatic carbocycles. The second-order valence-corrected chi connectivity index (χ2v) is 4.75. The van der Waals surface area contributed by atoms with Crippen molar-refractivity contribution in [3.8, 4) is 0 Å². The first-order valence-corrected chi connectivity index (χ1v) is 6.69. The molecular formula is C14H10F2N4O5. The van der Waals surface area contributed by atoms with Gasteiger partial charge in [-0.05, 0) is 18.2 Å². The van der Waals surface area contributed by atoms with Crippen LogP contribution in [0.4, 0.5) is 31.5 Å². The largest absolute Gasteiger partial charge is 0.371 e. The summed E-state index contributed by atoms with van der Waals surface area (Å²) < 4.78 is 25.9. The monoisotopic (exact) mass is 352 g/mol. The highest BCUT2D eigenvalue weighted by Crippen LogP contribution is 2.28. The molecule has 130 valence electrons. The Bertz CT molecular complexity index is 859. The average Bonchev–Trinajstić information content (AvgIpc) is 2.56. The number of amides is 1. The fourth-order valence-corrected chi connectivity index (χ4v) is 1.89. The van der Waals surface area contributed by atoms with E-state index in [1.54, 1.807) is 0 Å². The molecule has 25 heavy (non-hydrogen) atoms. The minimum atomic E-state index is -1.14. The zero-order valence-corrected chi connectivity index (χ0v) is 12.4. The summed E-state index contributed by atoms with van der Waals surface area (Å²) in [6.45, 7) is -0.433. The van der Waals surface area contributed by atoms with Gasteiger partial charge in [0.15, 0.2) is 11.6 Å². The number of non-ortho nitro benzene ring substituents is 1. The SMILES string of the molecule is O=C(CNc1ccc([N+](=O)[O-])cc1[N+](=O)[O-])Nc1ccc(F)c(F)c1. The summed E-state index contributed by atoms with van der Waals surface area (Å²) in [4.78, 5) is 31.8. The van der Waals surface area contributed by atoms with Gasteiger partial charge in [0.25, 0.3) is 11.4 Å². The van der Waals surface area contributed by atoms with Crippen LogP contribution >= 0.6 is 0 Å². The Morgan fingerprint density at radius 1 is 1.00 bits per heavy atom. The first-order chi connectivity index (χ1) is 11.8. The summed E-state index contributed by atoms with van der Waals surface area (Å²) in [6.07, 6.45) is 0. The van der Waals surface area contributed by atoms with Crippen LogP contribution in [0.1, 0.15) is 0 Å². The van der Waals surface area contributed by atoms with E-state index in [-0.39, 0.29) is 11.4 Å². The number of nitro groups is 2. The average molecular weight is 352 g/mol. The number of nitrogens with zero attached hydrogens (tertiary/aromatic N) is 2. The Morgan fingerprint density at radius 2 is 1.72 bits per heavy atom. The first-order valence-electron chi connectivity index (χ1n) is 6.69. The number of hydrogen-bond donors (Lipinski definition) is 2. The van der Waals surface area contributed by atoms with Gasteiger partial charge in [-0.1, -0.05) is 0 Å². The Hall–Kier alpha value is -3.63. The molecule has 0 aliphatic rings. The van der Waals surface area contributed by atoms with Crippen molar-refractivity contribution < 1.29 is 23.4 Å². The predicted octanol–water partition coefficient (Wildman–Crippen LogP) is 2.83. The second kappa shape index (κ2) is 7.29. The molecule has 0 unspecified atom stereocenters. The molecule has 2 rings (SSSR count). The number of carbonyl (C=O) groups excluding carboxylic acids is 1. The minimum Gasteiger partial charge on any atom is -0.371 e. The zero-order chi connectivity index (χ0) is 18.6. The van der Waals surface area contributed by atoms with E-state index in [9.17, 15) is 33.8 Å². The van der Waals surface area contributed by atoms with Crippen LogP contribution in [-0.2, 0) is 4.79 Å². The highest BCUT2D eigenvalue weighted by atomic mass is 19.2. The molecule has 0 saturated heterocycles. The van der Waals surface area contributed by atoms with Gasteiger partial charge >= 0.3 is 0 Å². The van der Waals surface area contributed by atoms with Crippen molar-refractivity contribution in [3.63, 3.8) is 0 Å². The lowest BCUT2D eigenvalue weighted by Crippen LogP contribution is -2.22. The number of rotatable bonds is 6. The quantitative estimate of drug-likeness (QED) is 0.608. The Kier molecular flexibility index (Phi) is 5.17. The summed E-state index contributed by atoms with van der Waals surface area (Å²) in [5.41, 5.74) is -1.14. The van der Waals surface area contributed by atoms with Crippen LogP contribution in [-0.4, -0.2) is 22.3 Å². The molecule has 0 aromatic heterocycles. The lowest BCUT2D eigenvalue weighted by Gasteiger charge is -2.08. The maximum absolute atomic E-state index is 13.1. The van der Waals surface area contributed by atoms with Crippen LogP contribution in [0.25, 0.3) is 0 Å². The summed E-state index contributed by atoms with van der Waals surface area (Å²) in [5, 5.41) is 26.4. The molecule has 0 bridgehead atoms. The summed E-state index contributed by atoms with van der Waals surface area (Å²) >= 11 is 0. The molecule has 2 aromatic rings. The van der Waals surface area contributed by atoms with E-state index in [1.165, 1.54) is 0 Å². The van der Waals surface area contributed by atoms with Gasteiger partial charge in [0.1, 0.15) is 5.69 Å². The minimum absolute atomic E-state index is 0.00361. The summed E-state index contributed by atoms with van der Waals surface area (Å²) in [6, 6.07) is 5.66. The van der Waals surface area contributed by atoms with Crippen molar-refractivity contribution in [2.45, 2.75) is 0 Å². The molecule has 1 amide bonds. The van der Waals surface area contributed by atoms with Crippen molar-refractivity contribution in [1.82, 2.24) is 0 Å². The molecule has 0 fully saturated rings. The molecule has 11 heteroatoms. The third-order valence-corrected chi connectivity index (χ3v) is 3.03. The first kappa shape index (κ1) is 17.7. The lowest BCUT2D eigenvalue weighted by atomic mass is 10.2. The molecule has 9 nitrogen and oxygen atoms in total. The molecule has 0 radical (unpaired) electrons. The maximum atomic E-state index is 13.1. The van der Waals surface area contributed by atoms with Crippen LogP contribution in [0, 0.1) is 31.9 Å².